The molecule has 3 nitrogen and oxygen atoms in total. The van der Waals surface area contributed by atoms with Crippen LogP contribution in [0.25, 0.3) is 16.3 Å². The Kier molecular flexibility index (Phi) is 9.59. The van der Waals surface area contributed by atoms with E-state index in [0.29, 0.717) is 6.04 Å². The lowest BCUT2D eigenvalue weighted by Crippen LogP contribution is -2.22. The summed E-state index contributed by atoms with van der Waals surface area (Å²) >= 11 is 0. The third-order valence-electron chi connectivity index (χ3n) is 10.3. The molecule has 252 valence electrons. The number of aliphatic imine (C=N–C) groups is 1. The van der Waals surface area contributed by atoms with Gasteiger partial charge in [-0.3, -0.25) is 0 Å². The van der Waals surface area contributed by atoms with Crippen LogP contribution in [0, 0.1) is 41.5 Å². The highest BCUT2D eigenvalue weighted by Gasteiger charge is 2.19. The van der Waals surface area contributed by atoms with E-state index in [2.05, 4.69) is 161 Å². The molecule has 0 atom stereocenters. The standard InChI is InChI=1S/C47H49N3/c1-30-26-32(3)46(33(4)27-30)49-39-20-16-36(17-21-39)45(37-18-22-40(23-19-37)50-47-34(5)28-31(2)29-35(47)6)43-24-25-44(42-15-11-10-14-41(42)43)48-38-12-8-7-9-13-38/h10-11,14-29,38,48-49H,7-9,12-13H2,1-6H3. The second-order valence-corrected chi connectivity index (χ2v) is 14.4. The molecule has 5 aromatic carbocycles. The minimum absolute atomic E-state index is 0.541. The molecule has 0 aliphatic heterocycles. The number of nitrogens with zero attached hydrogens (tertiary/aromatic N) is 1. The minimum atomic E-state index is 0.541. The van der Waals surface area contributed by atoms with Crippen LogP contribution in [0.4, 0.5) is 22.7 Å². The van der Waals surface area contributed by atoms with Crippen LogP contribution in [0.2, 0.25) is 0 Å². The average Bonchev–Trinajstić information content (AvgIpc) is 3.10. The highest BCUT2D eigenvalue weighted by atomic mass is 14.9. The predicted octanol–water partition coefficient (Wildman–Crippen LogP) is 12.9. The summed E-state index contributed by atoms with van der Waals surface area (Å²) in [5, 5.41) is 10.2. The third-order valence-corrected chi connectivity index (χ3v) is 10.3. The number of hydrogen-bond donors (Lipinski definition) is 2. The lowest BCUT2D eigenvalue weighted by molar-refractivity contribution is 0.463. The molecule has 5 aromatic rings. The predicted molar refractivity (Wildman–Crippen MR) is 217 cm³/mol. The molecule has 2 aliphatic carbocycles. The summed E-state index contributed by atoms with van der Waals surface area (Å²) in [6.07, 6.45) is 15.3. The first kappa shape index (κ1) is 33.4. The largest absolute Gasteiger partial charge is 0.382 e. The highest BCUT2D eigenvalue weighted by Crippen LogP contribution is 2.39. The van der Waals surface area contributed by atoms with Gasteiger partial charge in [0.25, 0.3) is 0 Å². The molecule has 0 bridgehead atoms. The van der Waals surface area contributed by atoms with Gasteiger partial charge in [-0.2, -0.15) is 0 Å². The van der Waals surface area contributed by atoms with Crippen molar-refractivity contribution >= 4 is 44.8 Å². The van der Waals surface area contributed by atoms with Crippen molar-refractivity contribution in [1.29, 1.82) is 0 Å². The molecule has 3 heteroatoms. The summed E-state index contributed by atoms with van der Waals surface area (Å²) in [4.78, 5) is 5.09. The quantitative estimate of drug-likeness (QED) is 0.183. The maximum Gasteiger partial charge on any atom is 0.0695 e. The Balaban J connectivity index is 1.31. The van der Waals surface area contributed by atoms with E-state index < -0.39 is 0 Å². The Labute approximate surface area is 298 Å². The first-order chi connectivity index (χ1) is 24.2. The molecule has 2 N–H and O–H groups in total. The molecule has 1 fully saturated rings. The maximum absolute atomic E-state index is 5.09. The summed E-state index contributed by atoms with van der Waals surface area (Å²) in [6.45, 7) is 13.0. The first-order valence-corrected chi connectivity index (χ1v) is 18.2. The number of nitrogens with one attached hydrogen (secondary N) is 2. The number of rotatable bonds is 7. The van der Waals surface area contributed by atoms with Crippen LogP contribution >= 0.6 is 0 Å². The van der Waals surface area contributed by atoms with E-state index in [1.165, 1.54) is 110 Å². The topological polar surface area (TPSA) is 36.4 Å². The zero-order valence-electron chi connectivity index (χ0n) is 30.5. The van der Waals surface area contributed by atoms with Gasteiger partial charge in [-0.25, -0.2) is 4.99 Å². The third kappa shape index (κ3) is 7.09. The fourth-order valence-electron chi connectivity index (χ4n) is 8.01. The van der Waals surface area contributed by atoms with Gasteiger partial charge in [-0.05, 0) is 135 Å². The van der Waals surface area contributed by atoms with Gasteiger partial charge in [0.15, 0.2) is 0 Å². The van der Waals surface area contributed by atoms with Crippen molar-refractivity contribution in [2.75, 3.05) is 10.6 Å². The number of benzene rings is 5. The van der Waals surface area contributed by atoms with Gasteiger partial charge in [0.1, 0.15) is 0 Å². The van der Waals surface area contributed by atoms with E-state index in [4.69, 9.17) is 4.99 Å². The normalized spacial score (nSPS) is 14.7. The Morgan fingerprint density at radius 2 is 1.22 bits per heavy atom. The Morgan fingerprint density at radius 3 is 1.86 bits per heavy atom. The van der Waals surface area contributed by atoms with Gasteiger partial charge in [-0.1, -0.05) is 109 Å². The van der Waals surface area contributed by atoms with Gasteiger partial charge in [0, 0.05) is 28.5 Å². The Bertz CT molecular complexity index is 2120. The molecule has 0 radical (unpaired) electrons. The van der Waals surface area contributed by atoms with E-state index in [-0.39, 0.29) is 0 Å². The van der Waals surface area contributed by atoms with Crippen LogP contribution in [-0.4, -0.2) is 11.8 Å². The van der Waals surface area contributed by atoms with Crippen molar-refractivity contribution in [3.8, 4) is 0 Å². The fourth-order valence-corrected chi connectivity index (χ4v) is 8.01. The van der Waals surface area contributed by atoms with Gasteiger partial charge in [0.05, 0.1) is 11.4 Å². The van der Waals surface area contributed by atoms with Crippen molar-refractivity contribution in [2.45, 2.75) is 79.7 Å². The van der Waals surface area contributed by atoms with Crippen LogP contribution in [0.1, 0.15) is 76.6 Å². The molecule has 7 rings (SSSR count). The van der Waals surface area contributed by atoms with Crippen LogP contribution in [0.5, 0.6) is 0 Å². The van der Waals surface area contributed by atoms with Crippen LogP contribution < -0.4 is 10.6 Å². The molecule has 0 spiro atoms. The summed E-state index contributed by atoms with van der Waals surface area (Å²) in [5.74, 6) is 0. The molecular formula is C47H49N3. The molecule has 50 heavy (non-hydrogen) atoms. The highest BCUT2D eigenvalue weighted by molar-refractivity contribution is 6.10. The summed E-state index contributed by atoms with van der Waals surface area (Å²) in [5.41, 5.74) is 17.8. The average molecular weight is 656 g/mol. The second-order valence-electron chi connectivity index (χ2n) is 14.4. The summed E-state index contributed by atoms with van der Waals surface area (Å²) in [7, 11) is 0. The number of hydrogen-bond acceptors (Lipinski definition) is 3. The monoisotopic (exact) mass is 655 g/mol. The number of anilines is 3. The maximum atomic E-state index is 5.09. The van der Waals surface area contributed by atoms with Crippen molar-refractivity contribution in [1.82, 2.24) is 0 Å². The molecular weight excluding hydrogens is 607 g/mol. The molecule has 0 saturated heterocycles. The Morgan fingerprint density at radius 1 is 0.620 bits per heavy atom. The fraction of sp³-hybridized carbons (Fsp3) is 0.255. The molecule has 2 aliphatic rings. The van der Waals surface area contributed by atoms with Gasteiger partial charge in [-0.15, -0.1) is 0 Å². The van der Waals surface area contributed by atoms with Crippen molar-refractivity contribution < 1.29 is 0 Å². The lowest BCUT2D eigenvalue weighted by atomic mass is 9.87. The Hall–Kier alpha value is -5.15. The molecule has 0 aromatic heterocycles. The number of aryl methyl sites for hydroxylation is 6. The molecule has 0 unspecified atom stereocenters. The van der Waals surface area contributed by atoms with Crippen molar-refractivity contribution in [2.24, 2.45) is 4.99 Å². The molecule has 1 saturated carbocycles. The van der Waals surface area contributed by atoms with E-state index in [1.54, 1.807) is 0 Å². The second kappa shape index (κ2) is 14.4. The SMILES string of the molecule is Cc1cc(C)c(N=C2C=CC(=C(c3ccc(Nc4c(C)cc(C)cc4C)cc3)c3ccc(NC4CCCCC4)c4ccccc34)C=C2)c(C)c1. The molecule has 0 amide bonds. The zero-order chi connectivity index (χ0) is 34.8. The lowest BCUT2D eigenvalue weighted by Gasteiger charge is -2.25. The van der Waals surface area contributed by atoms with Gasteiger partial charge < -0.3 is 10.6 Å². The first-order valence-electron chi connectivity index (χ1n) is 18.2. The summed E-state index contributed by atoms with van der Waals surface area (Å²) < 4.78 is 0. The van der Waals surface area contributed by atoms with Crippen molar-refractivity contribution in [3.05, 3.63) is 159 Å². The van der Waals surface area contributed by atoms with E-state index >= 15 is 0 Å². The van der Waals surface area contributed by atoms with Crippen molar-refractivity contribution in [3.63, 3.8) is 0 Å². The zero-order valence-corrected chi connectivity index (χ0v) is 30.5. The molecule has 0 heterocycles. The minimum Gasteiger partial charge on any atom is -0.382 e. The van der Waals surface area contributed by atoms with Gasteiger partial charge >= 0.3 is 0 Å². The van der Waals surface area contributed by atoms with Crippen LogP contribution in [0.3, 0.4) is 0 Å². The van der Waals surface area contributed by atoms with Crippen LogP contribution in [0.15, 0.2) is 120 Å². The summed E-state index contributed by atoms with van der Waals surface area (Å²) in [6, 6.07) is 31.9. The van der Waals surface area contributed by atoms with Gasteiger partial charge in [0.2, 0.25) is 0 Å². The smallest absolute Gasteiger partial charge is 0.0695 e. The number of allylic oxidation sites excluding steroid dienone is 5. The van der Waals surface area contributed by atoms with E-state index in [1.807, 2.05) is 0 Å². The van der Waals surface area contributed by atoms with Crippen LogP contribution in [-0.2, 0) is 0 Å². The van der Waals surface area contributed by atoms with E-state index in [0.717, 1.165) is 17.1 Å². The van der Waals surface area contributed by atoms with E-state index in [9.17, 15) is 0 Å². The number of fused-ring (bicyclic) bond motifs is 1.